The molecule has 2 rings (SSSR count). The van der Waals surface area contributed by atoms with Crippen LogP contribution in [-0.4, -0.2) is 21.0 Å². The van der Waals surface area contributed by atoms with Crippen molar-refractivity contribution in [3.63, 3.8) is 0 Å². The van der Waals surface area contributed by atoms with Gasteiger partial charge in [-0.15, -0.1) is 11.3 Å². The standard InChI is InChI=1S/C12H12N2O2S/c1-7(2)10-9(12(15)16)14-11(17-10)8-4-3-5-13-6-8/h3-7H,1-2H3,(H,15,16). The Kier molecular flexibility index (Phi) is 3.19. The minimum atomic E-state index is -0.972. The summed E-state index contributed by atoms with van der Waals surface area (Å²) in [5.74, 6) is -0.816. The Balaban J connectivity index is 2.51. The zero-order valence-electron chi connectivity index (χ0n) is 9.54. The molecule has 0 saturated carbocycles. The van der Waals surface area contributed by atoms with Crippen LogP contribution in [0.1, 0.15) is 35.1 Å². The molecule has 0 fully saturated rings. The number of aromatic carboxylic acids is 1. The minimum absolute atomic E-state index is 0.156. The summed E-state index contributed by atoms with van der Waals surface area (Å²) >= 11 is 1.42. The van der Waals surface area contributed by atoms with Crippen LogP contribution in [0.25, 0.3) is 10.6 Å². The van der Waals surface area contributed by atoms with Crippen LogP contribution < -0.4 is 0 Å². The maximum absolute atomic E-state index is 11.1. The topological polar surface area (TPSA) is 63.1 Å². The van der Waals surface area contributed by atoms with E-state index in [1.54, 1.807) is 12.4 Å². The predicted molar refractivity (Wildman–Crippen MR) is 66.4 cm³/mol. The molecule has 5 heteroatoms. The summed E-state index contributed by atoms with van der Waals surface area (Å²) < 4.78 is 0. The first-order valence-electron chi connectivity index (χ1n) is 5.24. The first-order chi connectivity index (χ1) is 8.09. The highest BCUT2D eigenvalue weighted by molar-refractivity contribution is 7.15. The molecule has 0 saturated heterocycles. The van der Waals surface area contributed by atoms with Gasteiger partial charge in [0.25, 0.3) is 0 Å². The zero-order valence-corrected chi connectivity index (χ0v) is 10.4. The molecule has 17 heavy (non-hydrogen) atoms. The number of hydrogen-bond acceptors (Lipinski definition) is 4. The second-order valence-electron chi connectivity index (χ2n) is 3.93. The van der Waals surface area contributed by atoms with Crippen molar-refractivity contribution in [2.75, 3.05) is 0 Å². The molecule has 0 unspecified atom stereocenters. The van der Waals surface area contributed by atoms with Crippen LogP contribution in [0, 0.1) is 0 Å². The van der Waals surface area contributed by atoms with Gasteiger partial charge >= 0.3 is 5.97 Å². The van der Waals surface area contributed by atoms with Crippen molar-refractivity contribution < 1.29 is 9.90 Å². The Bertz CT molecular complexity index is 535. The Morgan fingerprint density at radius 3 is 2.71 bits per heavy atom. The molecule has 4 nitrogen and oxygen atoms in total. The maximum Gasteiger partial charge on any atom is 0.355 e. The lowest BCUT2D eigenvalue weighted by Crippen LogP contribution is -2.01. The Morgan fingerprint density at radius 2 is 2.24 bits per heavy atom. The number of carbonyl (C=O) groups is 1. The van der Waals surface area contributed by atoms with Crippen LogP contribution in [-0.2, 0) is 0 Å². The van der Waals surface area contributed by atoms with Gasteiger partial charge < -0.3 is 5.11 Å². The average molecular weight is 248 g/mol. The Morgan fingerprint density at radius 1 is 1.47 bits per heavy atom. The highest BCUT2D eigenvalue weighted by Gasteiger charge is 2.20. The lowest BCUT2D eigenvalue weighted by Gasteiger charge is -1.99. The van der Waals surface area contributed by atoms with E-state index in [0.717, 1.165) is 10.4 Å². The van der Waals surface area contributed by atoms with Gasteiger partial charge in [-0.3, -0.25) is 4.98 Å². The summed E-state index contributed by atoms with van der Waals surface area (Å²) in [7, 11) is 0. The number of nitrogens with zero attached hydrogens (tertiary/aromatic N) is 2. The predicted octanol–water partition coefficient (Wildman–Crippen LogP) is 3.03. The summed E-state index contributed by atoms with van der Waals surface area (Å²) in [6, 6.07) is 3.69. The molecule has 0 amide bonds. The third-order valence-corrected chi connectivity index (χ3v) is 3.69. The average Bonchev–Trinajstić information content (AvgIpc) is 2.75. The number of thiazole rings is 1. The molecule has 0 aliphatic rings. The highest BCUT2D eigenvalue weighted by Crippen LogP contribution is 2.32. The molecule has 0 radical (unpaired) electrons. The van der Waals surface area contributed by atoms with E-state index in [0.29, 0.717) is 5.01 Å². The summed E-state index contributed by atoms with van der Waals surface area (Å²) in [5.41, 5.74) is 1.01. The van der Waals surface area contributed by atoms with E-state index in [1.807, 2.05) is 26.0 Å². The fourth-order valence-electron chi connectivity index (χ4n) is 1.49. The molecule has 0 atom stereocenters. The van der Waals surface area contributed by atoms with Gasteiger partial charge in [-0.2, -0.15) is 0 Å². The second-order valence-corrected chi connectivity index (χ2v) is 4.96. The van der Waals surface area contributed by atoms with Gasteiger partial charge in [0.1, 0.15) is 5.01 Å². The molecule has 2 aromatic rings. The van der Waals surface area contributed by atoms with Gasteiger partial charge in [0.15, 0.2) is 5.69 Å². The summed E-state index contributed by atoms with van der Waals surface area (Å²) in [6.07, 6.45) is 3.37. The largest absolute Gasteiger partial charge is 0.476 e. The van der Waals surface area contributed by atoms with Gasteiger partial charge in [0, 0.05) is 22.8 Å². The van der Waals surface area contributed by atoms with E-state index in [4.69, 9.17) is 5.11 Å². The number of rotatable bonds is 3. The van der Waals surface area contributed by atoms with E-state index in [2.05, 4.69) is 9.97 Å². The third kappa shape index (κ3) is 2.34. The fourth-order valence-corrected chi connectivity index (χ4v) is 2.54. The lowest BCUT2D eigenvalue weighted by atomic mass is 10.1. The summed E-state index contributed by atoms with van der Waals surface area (Å²) in [6.45, 7) is 3.93. The van der Waals surface area contributed by atoms with Gasteiger partial charge in [-0.25, -0.2) is 9.78 Å². The number of carboxylic acid groups (broad SMARTS) is 1. The van der Waals surface area contributed by atoms with Crippen LogP contribution in [0.5, 0.6) is 0 Å². The first-order valence-corrected chi connectivity index (χ1v) is 6.05. The van der Waals surface area contributed by atoms with Crippen molar-refractivity contribution in [2.24, 2.45) is 0 Å². The van der Waals surface area contributed by atoms with E-state index < -0.39 is 5.97 Å². The Labute approximate surface area is 103 Å². The van der Waals surface area contributed by atoms with Crippen LogP contribution in [0.2, 0.25) is 0 Å². The van der Waals surface area contributed by atoms with Crippen molar-refractivity contribution in [3.8, 4) is 10.6 Å². The van der Waals surface area contributed by atoms with Crippen molar-refractivity contribution in [3.05, 3.63) is 35.1 Å². The number of carboxylic acids is 1. The van der Waals surface area contributed by atoms with Gasteiger partial charge in [0.2, 0.25) is 0 Å². The molecule has 88 valence electrons. The number of hydrogen-bond donors (Lipinski definition) is 1. The van der Waals surface area contributed by atoms with Crippen molar-refractivity contribution in [1.29, 1.82) is 0 Å². The quantitative estimate of drug-likeness (QED) is 0.906. The van der Waals surface area contributed by atoms with E-state index in [9.17, 15) is 4.79 Å². The van der Waals surface area contributed by atoms with Crippen LogP contribution in [0.15, 0.2) is 24.5 Å². The summed E-state index contributed by atoms with van der Waals surface area (Å²) in [4.78, 5) is 20.1. The molecule has 0 aromatic carbocycles. The fraction of sp³-hybridized carbons (Fsp3) is 0.250. The van der Waals surface area contributed by atoms with Crippen LogP contribution in [0.3, 0.4) is 0 Å². The van der Waals surface area contributed by atoms with Crippen LogP contribution in [0.4, 0.5) is 0 Å². The van der Waals surface area contributed by atoms with Gasteiger partial charge in [-0.05, 0) is 18.1 Å². The highest BCUT2D eigenvalue weighted by atomic mass is 32.1. The van der Waals surface area contributed by atoms with Crippen molar-refractivity contribution in [2.45, 2.75) is 19.8 Å². The molecule has 2 aromatic heterocycles. The minimum Gasteiger partial charge on any atom is -0.476 e. The smallest absolute Gasteiger partial charge is 0.355 e. The number of pyridine rings is 1. The Hall–Kier alpha value is -1.75. The lowest BCUT2D eigenvalue weighted by molar-refractivity contribution is 0.0690. The van der Waals surface area contributed by atoms with Crippen molar-refractivity contribution in [1.82, 2.24) is 9.97 Å². The molecule has 0 aliphatic carbocycles. The third-order valence-electron chi connectivity index (χ3n) is 2.29. The van der Waals surface area contributed by atoms with Crippen LogP contribution >= 0.6 is 11.3 Å². The molecular weight excluding hydrogens is 236 g/mol. The molecule has 1 N–H and O–H groups in total. The molecular formula is C12H12N2O2S. The number of aromatic nitrogens is 2. The monoisotopic (exact) mass is 248 g/mol. The van der Waals surface area contributed by atoms with Crippen molar-refractivity contribution >= 4 is 17.3 Å². The van der Waals surface area contributed by atoms with E-state index in [1.165, 1.54) is 11.3 Å². The van der Waals surface area contributed by atoms with E-state index >= 15 is 0 Å². The normalized spacial score (nSPS) is 10.8. The van der Waals surface area contributed by atoms with Gasteiger partial charge in [-0.1, -0.05) is 13.8 Å². The SMILES string of the molecule is CC(C)c1sc(-c2cccnc2)nc1C(=O)O. The maximum atomic E-state index is 11.1. The first kappa shape index (κ1) is 11.7. The molecule has 0 spiro atoms. The summed E-state index contributed by atoms with van der Waals surface area (Å²) in [5, 5.41) is 9.81. The molecule has 0 bridgehead atoms. The molecule has 0 aliphatic heterocycles. The van der Waals surface area contributed by atoms with E-state index in [-0.39, 0.29) is 11.6 Å². The van der Waals surface area contributed by atoms with Gasteiger partial charge in [0.05, 0.1) is 0 Å². The molecule has 2 heterocycles. The zero-order chi connectivity index (χ0) is 12.4. The second kappa shape index (κ2) is 4.63.